The minimum Gasteiger partial charge on any atom is -0.420 e. The number of hydrogen-bond acceptors (Lipinski definition) is 2. The zero-order valence-electron chi connectivity index (χ0n) is 8.18. The zero-order valence-corrected chi connectivity index (χ0v) is 8.18. The fourth-order valence-corrected chi connectivity index (χ4v) is 2.02. The van der Waals surface area contributed by atoms with E-state index in [1.54, 1.807) is 0 Å². The van der Waals surface area contributed by atoms with Gasteiger partial charge >= 0.3 is 6.35 Å². The van der Waals surface area contributed by atoms with Gasteiger partial charge in [0.15, 0.2) is 12.8 Å². The molecule has 1 unspecified atom stereocenters. The Morgan fingerprint density at radius 1 is 1.43 bits per heavy atom. The number of fused-ring (bicyclic) bond motifs is 2. The lowest BCUT2D eigenvalue weighted by Gasteiger charge is -2.20. The molecule has 1 aromatic rings. The molecule has 2 aliphatic rings. The summed E-state index contributed by atoms with van der Waals surface area (Å²) in [4.78, 5) is 2.21. The number of likely N-dealkylation sites (N-methyl/N-ethyl adjacent to an activating group) is 1. The van der Waals surface area contributed by atoms with Crippen LogP contribution in [0, 0.1) is 0 Å². The Labute approximate surface area is 83.2 Å². The molecule has 0 spiro atoms. The standard InChI is InChI=1S/C11H13N2O/c1-12-6-7-13-8-9-4-2-3-5-10(9)14-11(12)13/h2-5,8,11H,6-7H2,1H3/q+1. The molecule has 72 valence electrons. The third-order valence-corrected chi connectivity index (χ3v) is 2.83. The number of para-hydroxylation sites is 1. The predicted octanol–water partition coefficient (Wildman–Crippen LogP) is 0.739. The fourth-order valence-electron chi connectivity index (χ4n) is 2.02. The lowest BCUT2D eigenvalue weighted by molar-refractivity contribution is -0.592. The van der Waals surface area contributed by atoms with Gasteiger partial charge in [-0.15, -0.1) is 0 Å². The second-order valence-electron chi connectivity index (χ2n) is 3.83. The predicted molar refractivity (Wildman–Crippen MR) is 53.8 cm³/mol. The average molecular weight is 189 g/mol. The number of ether oxygens (including phenoxy) is 1. The highest BCUT2D eigenvalue weighted by atomic mass is 16.5. The normalized spacial score (nSPS) is 24.9. The van der Waals surface area contributed by atoms with Crippen molar-refractivity contribution in [3.05, 3.63) is 29.8 Å². The van der Waals surface area contributed by atoms with Crippen LogP contribution in [0.25, 0.3) is 0 Å². The van der Waals surface area contributed by atoms with Gasteiger partial charge in [-0.25, -0.2) is 4.90 Å². The zero-order chi connectivity index (χ0) is 9.54. The van der Waals surface area contributed by atoms with Crippen molar-refractivity contribution in [1.29, 1.82) is 0 Å². The summed E-state index contributed by atoms with van der Waals surface area (Å²) in [6.07, 6.45) is 2.29. The van der Waals surface area contributed by atoms with Gasteiger partial charge in [0.25, 0.3) is 0 Å². The van der Waals surface area contributed by atoms with Gasteiger partial charge < -0.3 is 4.74 Å². The minimum atomic E-state index is 0.102. The maximum absolute atomic E-state index is 5.89. The Hall–Kier alpha value is -1.35. The summed E-state index contributed by atoms with van der Waals surface area (Å²) in [5.41, 5.74) is 1.18. The van der Waals surface area contributed by atoms with E-state index in [1.807, 2.05) is 18.2 Å². The third-order valence-electron chi connectivity index (χ3n) is 2.83. The van der Waals surface area contributed by atoms with Crippen molar-refractivity contribution in [2.45, 2.75) is 6.35 Å². The van der Waals surface area contributed by atoms with Crippen LogP contribution in [-0.2, 0) is 0 Å². The van der Waals surface area contributed by atoms with Gasteiger partial charge in [0.1, 0.15) is 5.75 Å². The van der Waals surface area contributed by atoms with E-state index >= 15 is 0 Å². The van der Waals surface area contributed by atoms with Crippen molar-refractivity contribution in [2.75, 3.05) is 20.1 Å². The smallest absolute Gasteiger partial charge is 0.363 e. The number of hydrogen-bond donors (Lipinski definition) is 0. The quantitative estimate of drug-likeness (QED) is 0.559. The molecular formula is C11H13N2O+. The van der Waals surface area contributed by atoms with E-state index in [2.05, 4.69) is 28.8 Å². The van der Waals surface area contributed by atoms with Crippen LogP contribution in [-0.4, -0.2) is 42.2 Å². The van der Waals surface area contributed by atoms with Crippen molar-refractivity contribution in [2.24, 2.45) is 0 Å². The Morgan fingerprint density at radius 3 is 3.21 bits per heavy atom. The van der Waals surface area contributed by atoms with E-state index in [9.17, 15) is 0 Å². The van der Waals surface area contributed by atoms with E-state index in [-0.39, 0.29) is 6.35 Å². The molecule has 2 aliphatic heterocycles. The van der Waals surface area contributed by atoms with Gasteiger partial charge in [-0.2, -0.15) is 4.58 Å². The molecule has 0 bridgehead atoms. The topological polar surface area (TPSA) is 15.5 Å². The van der Waals surface area contributed by atoms with Gasteiger partial charge in [0.2, 0.25) is 0 Å². The minimum absolute atomic E-state index is 0.102. The summed E-state index contributed by atoms with van der Waals surface area (Å²) in [7, 11) is 2.09. The monoisotopic (exact) mass is 189 g/mol. The second-order valence-corrected chi connectivity index (χ2v) is 3.83. The van der Waals surface area contributed by atoms with E-state index in [0.29, 0.717) is 0 Å². The van der Waals surface area contributed by atoms with Crippen LogP contribution >= 0.6 is 0 Å². The van der Waals surface area contributed by atoms with Gasteiger partial charge in [0, 0.05) is 0 Å². The van der Waals surface area contributed by atoms with Gasteiger partial charge in [-0.3, -0.25) is 0 Å². The molecular weight excluding hydrogens is 176 g/mol. The molecule has 3 nitrogen and oxygen atoms in total. The van der Waals surface area contributed by atoms with Crippen molar-refractivity contribution in [3.8, 4) is 5.75 Å². The third kappa shape index (κ3) is 1.06. The summed E-state index contributed by atoms with van der Waals surface area (Å²) < 4.78 is 8.13. The van der Waals surface area contributed by atoms with Crippen LogP contribution < -0.4 is 4.74 Å². The van der Waals surface area contributed by atoms with E-state index < -0.39 is 0 Å². The van der Waals surface area contributed by atoms with Gasteiger partial charge in [-0.05, 0) is 19.2 Å². The first kappa shape index (κ1) is 8.00. The summed E-state index contributed by atoms with van der Waals surface area (Å²) in [5, 5.41) is 0. The molecule has 1 aromatic carbocycles. The molecule has 0 N–H and O–H groups in total. The van der Waals surface area contributed by atoms with E-state index in [4.69, 9.17) is 4.74 Å². The fraction of sp³-hybridized carbons (Fsp3) is 0.364. The molecule has 3 rings (SSSR count). The second kappa shape index (κ2) is 2.82. The van der Waals surface area contributed by atoms with Crippen LogP contribution in [0.4, 0.5) is 0 Å². The van der Waals surface area contributed by atoms with Crippen molar-refractivity contribution in [3.63, 3.8) is 0 Å². The SMILES string of the molecule is CN1CC[N+]2=Cc3ccccc3OC12. The maximum atomic E-state index is 5.89. The Kier molecular flexibility index (Phi) is 1.61. The summed E-state index contributed by atoms with van der Waals surface area (Å²) >= 11 is 0. The first-order valence-corrected chi connectivity index (χ1v) is 4.91. The van der Waals surface area contributed by atoms with E-state index in [1.165, 1.54) is 5.56 Å². The lowest BCUT2D eigenvalue weighted by Crippen LogP contribution is -2.39. The summed E-state index contributed by atoms with van der Waals surface area (Å²) in [6, 6.07) is 8.16. The van der Waals surface area contributed by atoms with Crippen molar-refractivity contribution in [1.82, 2.24) is 4.90 Å². The highest BCUT2D eigenvalue weighted by Gasteiger charge is 2.37. The number of rotatable bonds is 0. The van der Waals surface area contributed by atoms with Crippen LogP contribution in [0.3, 0.4) is 0 Å². The molecule has 3 heteroatoms. The van der Waals surface area contributed by atoms with Crippen LogP contribution in [0.2, 0.25) is 0 Å². The van der Waals surface area contributed by atoms with Crippen molar-refractivity contribution >= 4 is 6.21 Å². The molecule has 1 fully saturated rings. The summed E-state index contributed by atoms with van der Waals surface area (Å²) in [5.74, 6) is 0.988. The number of nitrogens with zero attached hydrogens (tertiary/aromatic N) is 2. The molecule has 2 heterocycles. The number of benzene rings is 1. The summed E-state index contributed by atoms with van der Waals surface area (Å²) in [6.45, 7) is 2.12. The molecule has 0 aromatic heterocycles. The first-order valence-electron chi connectivity index (χ1n) is 4.91. The van der Waals surface area contributed by atoms with Crippen molar-refractivity contribution < 1.29 is 9.31 Å². The maximum Gasteiger partial charge on any atom is 0.363 e. The molecule has 1 saturated heterocycles. The molecule has 0 radical (unpaired) electrons. The lowest BCUT2D eigenvalue weighted by atomic mass is 10.2. The van der Waals surface area contributed by atoms with Crippen LogP contribution in [0.15, 0.2) is 24.3 Å². The molecule has 0 saturated carbocycles. The van der Waals surface area contributed by atoms with Gasteiger partial charge in [0.05, 0.1) is 12.1 Å². The van der Waals surface area contributed by atoms with Gasteiger partial charge in [-0.1, -0.05) is 12.1 Å². The Balaban J connectivity index is 2.07. The van der Waals surface area contributed by atoms with Crippen LogP contribution in [0.5, 0.6) is 5.75 Å². The van der Waals surface area contributed by atoms with E-state index in [0.717, 1.165) is 18.8 Å². The average Bonchev–Trinajstić information content (AvgIpc) is 2.57. The molecule has 0 amide bonds. The largest absolute Gasteiger partial charge is 0.420 e. The molecule has 1 atom stereocenters. The molecule has 14 heavy (non-hydrogen) atoms. The Bertz CT molecular complexity index is 400. The highest BCUT2D eigenvalue weighted by Crippen LogP contribution is 2.24. The first-order chi connectivity index (χ1) is 6.84. The molecule has 0 aliphatic carbocycles. The highest BCUT2D eigenvalue weighted by molar-refractivity contribution is 5.80. The Morgan fingerprint density at radius 2 is 2.29 bits per heavy atom. The van der Waals surface area contributed by atoms with Crippen LogP contribution in [0.1, 0.15) is 5.56 Å².